The van der Waals surface area contributed by atoms with Gasteiger partial charge in [0.1, 0.15) is 0 Å². The summed E-state index contributed by atoms with van der Waals surface area (Å²) in [4.78, 5) is 0. The third-order valence-corrected chi connectivity index (χ3v) is 3.89. The molecule has 20 heavy (non-hydrogen) atoms. The highest BCUT2D eigenvalue weighted by Gasteiger charge is 2.21. The van der Waals surface area contributed by atoms with Gasteiger partial charge in [-0.25, -0.2) is 0 Å². The third-order valence-electron chi connectivity index (χ3n) is 3.64. The van der Waals surface area contributed by atoms with Gasteiger partial charge in [-0.05, 0) is 43.4 Å². The zero-order valence-electron chi connectivity index (χ0n) is 11.9. The van der Waals surface area contributed by atoms with Crippen LogP contribution in [0.3, 0.4) is 0 Å². The van der Waals surface area contributed by atoms with Gasteiger partial charge in [0.25, 0.3) is 0 Å². The minimum atomic E-state index is -0.0543. The average Bonchev–Trinajstić information content (AvgIpc) is 2.48. The Bertz CT molecular complexity index is 394. The Hall–Kier alpha value is -0.830. The number of ether oxygens (including phenoxy) is 2. The van der Waals surface area contributed by atoms with Gasteiger partial charge in [-0.2, -0.15) is 0 Å². The highest BCUT2D eigenvalue weighted by molar-refractivity contribution is 6.30. The number of aryl methyl sites for hydroxylation is 1. The summed E-state index contributed by atoms with van der Waals surface area (Å²) in [6, 6.07) is 7.97. The van der Waals surface area contributed by atoms with E-state index in [1.165, 1.54) is 12.0 Å². The van der Waals surface area contributed by atoms with Gasteiger partial charge in [-0.15, -0.1) is 6.58 Å². The van der Waals surface area contributed by atoms with Crippen molar-refractivity contribution in [3.63, 3.8) is 0 Å². The van der Waals surface area contributed by atoms with Crippen molar-refractivity contribution in [1.29, 1.82) is 0 Å². The largest absolute Gasteiger partial charge is 0.352 e. The number of hydrogen-bond acceptors (Lipinski definition) is 2. The second-order valence-electron chi connectivity index (χ2n) is 5.35. The lowest BCUT2D eigenvalue weighted by Gasteiger charge is -2.29. The van der Waals surface area contributed by atoms with Crippen molar-refractivity contribution >= 4 is 11.6 Å². The second-order valence-corrected chi connectivity index (χ2v) is 5.78. The lowest BCUT2D eigenvalue weighted by Crippen LogP contribution is -2.32. The molecule has 0 bridgehead atoms. The fourth-order valence-electron chi connectivity index (χ4n) is 2.40. The molecule has 3 heteroatoms. The van der Waals surface area contributed by atoms with Crippen LogP contribution < -0.4 is 0 Å². The number of allylic oxidation sites excluding steroid dienone is 1. The van der Waals surface area contributed by atoms with Gasteiger partial charge in [0, 0.05) is 17.4 Å². The van der Waals surface area contributed by atoms with Gasteiger partial charge in [-0.1, -0.05) is 29.8 Å². The van der Waals surface area contributed by atoms with Gasteiger partial charge in [0.05, 0.1) is 13.2 Å². The standard InChI is InChI=1S/C17H23ClO2/c1-2-3-4-5-15-12-19-17(20-13-15)11-8-14-6-9-16(18)10-7-14/h2,6-7,9-10,15,17H,1,3-5,8,11-13H2. The first-order valence-corrected chi connectivity index (χ1v) is 7.74. The number of rotatable bonds is 7. The molecular weight excluding hydrogens is 272 g/mol. The smallest absolute Gasteiger partial charge is 0.157 e. The summed E-state index contributed by atoms with van der Waals surface area (Å²) in [5.41, 5.74) is 1.27. The average molecular weight is 295 g/mol. The molecular formula is C17H23ClO2. The molecule has 1 saturated heterocycles. The van der Waals surface area contributed by atoms with Crippen LogP contribution in [0.4, 0.5) is 0 Å². The van der Waals surface area contributed by atoms with Crippen molar-refractivity contribution < 1.29 is 9.47 Å². The van der Waals surface area contributed by atoms with Crippen molar-refractivity contribution in [3.8, 4) is 0 Å². The third kappa shape index (κ3) is 5.28. The molecule has 0 unspecified atom stereocenters. The first-order chi connectivity index (χ1) is 9.78. The molecule has 1 fully saturated rings. The van der Waals surface area contributed by atoms with Gasteiger partial charge < -0.3 is 9.47 Å². The van der Waals surface area contributed by atoms with Crippen molar-refractivity contribution in [1.82, 2.24) is 0 Å². The fraction of sp³-hybridized carbons (Fsp3) is 0.529. The summed E-state index contributed by atoms with van der Waals surface area (Å²) in [6.07, 6.45) is 7.20. The molecule has 1 aromatic carbocycles. The fourth-order valence-corrected chi connectivity index (χ4v) is 2.53. The van der Waals surface area contributed by atoms with Crippen LogP contribution in [0, 0.1) is 5.92 Å². The van der Waals surface area contributed by atoms with Crippen LogP contribution in [0.15, 0.2) is 36.9 Å². The number of halogens is 1. The molecule has 2 nitrogen and oxygen atoms in total. The summed E-state index contributed by atoms with van der Waals surface area (Å²) in [5.74, 6) is 0.543. The molecule has 0 spiro atoms. The van der Waals surface area contributed by atoms with E-state index in [4.69, 9.17) is 21.1 Å². The van der Waals surface area contributed by atoms with Crippen molar-refractivity contribution in [2.45, 2.75) is 38.4 Å². The molecule has 1 aliphatic heterocycles. The maximum atomic E-state index is 5.87. The van der Waals surface area contributed by atoms with Crippen LogP contribution >= 0.6 is 11.6 Å². The molecule has 0 aliphatic carbocycles. The highest BCUT2D eigenvalue weighted by atomic mass is 35.5. The first-order valence-electron chi connectivity index (χ1n) is 7.36. The zero-order chi connectivity index (χ0) is 14.2. The number of hydrogen-bond donors (Lipinski definition) is 0. The molecule has 1 aromatic rings. The van der Waals surface area contributed by atoms with E-state index in [0.717, 1.165) is 43.9 Å². The lowest BCUT2D eigenvalue weighted by molar-refractivity contribution is -0.203. The molecule has 0 radical (unpaired) electrons. The predicted molar refractivity (Wildman–Crippen MR) is 83.0 cm³/mol. The second kappa shape index (κ2) is 8.46. The van der Waals surface area contributed by atoms with Crippen molar-refractivity contribution in [2.75, 3.05) is 13.2 Å². The van der Waals surface area contributed by atoms with Gasteiger partial charge in [-0.3, -0.25) is 0 Å². The summed E-state index contributed by atoms with van der Waals surface area (Å²) in [6.45, 7) is 5.39. The molecule has 0 aromatic heterocycles. The number of unbranched alkanes of at least 4 members (excludes halogenated alkanes) is 1. The van der Waals surface area contributed by atoms with Gasteiger partial charge in [0.2, 0.25) is 0 Å². The monoisotopic (exact) mass is 294 g/mol. The minimum absolute atomic E-state index is 0.0543. The van der Waals surface area contributed by atoms with Crippen LogP contribution in [0.1, 0.15) is 31.2 Å². The van der Waals surface area contributed by atoms with E-state index >= 15 is 0 Å². The van der Waals surface area contributed by atoms with E-state index in [2.05, 4.69) is 18.7 Å². The molecule has 0 N–H and O–H groups in total. The van der Waals surface area contributed by atoms with E-state index in [1.54, 1.807) is 0 Å². The Morgan fingerprint density at radius 3 is 2.50 bits per heavy atom. The van der Waals surface area contributed by atoms with Crippen LogP contribution in [0.25, 0.3) is 0 Å². The van der Waals surface area contributed by atoms with Crippen LogP contribution in [0.5, 0.6) is 0 Å². The molecule has 1 aliphatic rings. The predicted octanol–water partition coefficient (Wildman–Crippen LogP) is 4.62. The van der Waals surface area contributed by atoms with Gasteiger partial charge in [0.15, 0.2) is 6.29 Å². The first kappa shape index (κ1) is 15.6. The molecule has 2 rings (SSSR count). The maximum Gasteiger partial charge on any atom is 0.157 e. The molecule has 0 atom stereocenters. The minimum Gasteiger partial charge on any atom is -0.352 e. The van der Waals surface area contributed by atoms with Gasteiger partial charge >= 0.3 is 0 Å². The molecule has 110 valence electrons. The van der Waals surface area contributed by atoms with Crippen LogP contribution in [-0.2, 0) is 15.9 Å². The van der Waals surface area contributed by atoms with Crippen molar-refractivity contribution in [3.05, 3.63) is 47.5 Å². The van der Waals surface area contributed by atoms with E-state index in [1.807, 2.05) is 18.2 Å². The Kier molecular flexibility index (Phi) is 6.58. The summed E-state index contributed by atoms with van der Waals surface area (Å²) in [5, 5.41) is 0.779. The van der Waals surface area contributed by atoms with E-state index < -0.39 is 0 Å². The SMILES string of the molecule is C=CCCCC1COC(CCc2ccc(Cl)cc2)OC1. The Balaban J connectivity index is 1.64. The van der Waals surface area contributed by atoms with E-state index in [0.29, 0.717) is 5.92 Å². The Morgan fingerprint density at radius 2 is 1.85 bits per heavy atom. The summed E-state index contributed by atoms with van der Waals surface area (Å²) < 4.78 is 11.6. The molecule has 0 saturated carbocycles. The Morgan fingerprint density at radius 1 is 1.15 bits per heavy atom. The molecule has 0 amide bonds. The van der Waals surface area contributed by atoms with E-state index in [-0.39, 0.29) is 6.29 Å². The summed E-state index contributed by atoms with van der Waals surface area (Å²) in [7, 11) is 0. The van der Waals surface area contributed by atoms with Crippen LogP contribution in [-0.4, -0.2) is 19.5 Å². The Labute approximate surface area is 126 Å². The van der Waals surface area contributed by atoms with Crippen molar-refractivity contribution in [2.24, 2.45) is 5.92 Å². The summed E-state index contributed by atoms with van der Waals surface area (Å²) >= 11 is 5.87. The zero-order valence-corrected chi connectivity index (χ0v) is 12.6. The van der Waals surface area contributed by atoms with E-state index in [9.17, 15) is 0 Å². The highest BCUT2D eigenvalue weighted by Crippen LogP contribution is 2.20. The van der Waals surface area contributed by atoms with Crippen LogP contribution in [0.2, 0.25) is 5.02 Å². The number of benzene rings is 1. The maximum absolute atomic E-state index is 5.87. The normalized spacial score (nSPS) is 22.6. The lowest BCUT2D eigenvalue weighted by atomic mass is 10.0. The quantitative estimate of drug-likeness (QED) is 0.540. The molecule has 1 heterocycles. The topological polar surface area (TPSA) is 18.5 Å².